The van der Waals surface area contributed by atoms with E-state index in [1.807, 2.05) is 25.1 Å². The maximum Gasteiger partial charge on any atom is 0.270 e. The Morgan fingerprint density at radius 1 is 1.17 bits per heavy atom. The third-order valence-corrected chi connectivity index (χ3v) is 6.94. The van der Waals surface area contributed by atoms with E-state index >= 15 is 0 Å². The molecule has 0 spiro atoms. The molecule has 1 fully saturated rings. The minimum atomic E-state index is -3.80. The van der Waals surface area contributed by atoms with Crippen molar-refractivity contribution < 1.29 is 18.1 Å². The van der Waals surface area contributed by atoms with Gasteiger partial charge < -0.3 is 10.1 Å². The summed E-state index contributed by atoms with van der Waals surface area (Å²) in [5.74, 6) is 0.769. The number of nitrogens with zero attached hydrogens (tertiary/aromatic N) is 2. The summed E-state index contributed by atoms with van der Waals surface area (Å²) in [5.41, 5.74) is 2.24. The largest absolute Gasteiger partial charge is 0.496 e. The maximum absolute atomic E-state index is 13.1. The molecular weight excluding hydrogens is 394 g/mol. The first kappa shape index (κ1) is 21.1. The molecule has 0 radical (unpaired) electrons. The number of ether oxygens (including phenoxy) is 1. The van der Waals surface area contributed by atoms with Gasteiger partial charge in [0.1, 0.15) is 10.6 Å². The van der Waals surface area contributed by atoms with Crippen LogP contribution >= 0.6 is 0 Å². The second-order valence-corrected chi connectivity index (χ2v) is 8.95. The zero-order valence-corrected chi connectivity index (χ0v) is 17.4. The van der Waals surface area contributed by atoms with Gasteiger partial charge in [0.15, 0.2) is 0 Å². The Morgan fingerprint density at radius 3 is 2.55 bits per heavy atom. The maximum atomic E-state index is 13.1. The van der Waals surface area contributed by atoms with Crippen LogP contribution < -0.4 is 10.1 Å². The van der Waals surface area contributed by atoms with Gasteiger partial charge in [-0.3, -0.25) is 10.1 Å². The van der Waals surface area contributed by atoms with Gasteiger partial charge in [-0.05, 0) is 43.9 Å². The Morgan fingerprint density at radius 2 is 1.90 bits per heavy atom. The zero-order chi connectivity index (χ0) is 21.0. The lowest BCUT2D eigenvalue weighted by Gasteiger charge is -2.19. The number of nitro groups is 1. The first-order valence-electron chi connectivity index (χ1n) is 9.49. The predicted octanol–water partition coefficient (Wildman–Crippen LogP) is 3.35. The van der Waals surface area contributed by atoms with Crippen molar-refractivity contribution in [2.24, 2.45) is 0 Å². The predicted molar refractivity (Wildman–Crippen MR) is 111 cm³/mol. The Bertz CT molecular complexity index is 1000. The molecule has 9 heteroatoms. The highest BCUT2D eigenvalue weighted by Crippen LogP contribution is 2.31. The number of nitrogens with one attached hydrogen (secondary N) is 1. The van der Waals surface area contributed by atoms with Gasteiger partial charge in [0, 0.05) is 31.8 Å². The zero-order valence-electron chi connectivity index (χ0n) is 16.6. The van der Waals surface area contributed by atoms with Crippen LogP contribution in [-0.2, 0) is 16.4 Å². The number of hydrogen-bond donors (Lipinski definition) is 1. The number of sulfonamides is 1. The van der Waals surface area contributed by atoms with Crippen molar-refractivity contribution in [2.75, 3.05) is 32.1 Å². The highest BCUT2D eigenvalue weighted by molar-refractivity contribution is 7.89. The molecule has 1 saturated heterocycles. The van der Waals surface area contributed by atoms with Gasteiger partial charge in [0.2, 0.25) is 10.0 Å². The van der Waals surface area contributed by atoms with Crippen molar-refractivity contribution in [3.63, 3.8) is 0 Å². The SMILES string of the molecule is COc1ccc(C)cc1CCNc1ccc([N+](=O)[O-])cc1S(=O)(=O)N1CCCC1. The Labute approximate surface area is 170 Å². The van der Waals surface area contributed by atoms with E-state index in [2.05, 4.69) is 5.32 Å². The Kier molecular flexibility index (Phi) is 6.39. The number of nitro benzene ring substituents is 1. The smallest absolute Gasteiger partial charge is 0.270 e. The molecule has 1 aliphatic rings. The van der Waals surface area contributed by atoms with E-state index in [1.54, 1.807) is 7.11 Å². The van der Waals surface area contributed by atoms with Crippen LogP contribution in [0.15, 0.2) is 41.3 Å². The van der Waals surface area contributed by atoms with Gasteiger partial charge >= 0.3 is 0 Å². The minimum Gasteiger partial charge on any atom is -0.496 e. The molecule has 0 amide bonds. The molecule has 1 N–H and O–H groups in total. The fourth-order valence-corrected chi connectivity index (χ4v) is 5.19. The molecule has 29 heavy (non-hydrogen) atoms. The Balaban J connectivity index is 1.85. The third kappa shape index (κ3) is 4.68. The van der Waals surface area contributed by atoms with Crippen LogP contribution in [-0.4, -0.2) is 44.4 Å². The van der Waals surface area contributed by atoms with Gasteiger partial charge in [0.05, 0.1) is 17.7 Å². The molecule has 0 atom stereocenters. The number of non-ortho nitro benzene ring substituents is 1. The van der Waals surface area contributed by atoms with Crippen LogP contribution in [0, 0.1) is 17.0 Å². The monoisotopic (exact) mass is 419 g/mol. The second kappa shape index (κ2) is 8.79. The lowest BCUT2D eigenvalue weighted by Crippen LogP contribution is -2.28. The van der Waals surface area contributed by atoms with E-state index in [9.17, 15) is 18.5 Å². The number of methoxy groups -OCH3 is 1. The summed E-state index contributed by atoms with van der Waals surface area (Å²) in [6.45, 7) is 3.32. The second-order valence-electron chi connectivity index (χ2n) is 7.04. The van der Waals surface area contributed by atoms with Gasteiger partial charge in [-0.25, -0.2) is 8.42 Å². The summed E-state index contributed by atoms with van der Waals surface area (Å²) < 4.78 is 32.9. The number of anilines is 1. The summed E-state index contributed by atoms with van der Waals surface area (Å²) in [4.78, 5) is 10.5. The van der Waals surface area contributed by atoms with Crippen molar-refractivity contribution in [1.82, 2.24) is 4.31 Å². The van der Waals surface area contributed by atoms with Gasteiger partial charge in [-0.1, -0.05) is 17.7 Å². The average molecular weight is 420 g/mol. The molecule has 0 aliphatic carbocycles. The van der Waals surface area contributed by atoms with Crippen molar-refractivity contribution in [1.29, 1.82) is 0 Å². The highest BCUT2D eigenvalue weighted by Gasteiger charge is 2.30. The summed E-state index contributed by atoms with van der Waals surface area (Å²) in [6.07, 6.45) is 2.21. The van der Waals surface area contributed by atoms with Crippen LogP contribution in [0.3, 0.4) is 0 Å². The number of hydrogen-bond acceptors (Lipinski definition) is 6. The van der Waals surface area contributed by atoms with Crippen molar-refractivity contribution in [3.8, 4) is 5.75 Å². The van der Waals surface area contributed by atoms with Crippen LogP contribution in [0.4, 0.5) is 11.4 Å². The molecule has 8 nitrogen and oxygen atoms in total. The minimum absolute atomic E-state index is 0.0511. The average Bonchev–Trinajstić information content (AvgIpc) is 3.24. The topological polar surface area (TPSA) is 102 Å². The van der Waals surface area contributed by atoms with Crippen LogP contribution in [0.5, 0.6) is 5.75 Å². The molecule has 0 saturated carbocycles. The lowest BCUT2D eigenvalue weighted by molar-refractivity contribution is -0.385. The molecule has 2 aromatic rings. The van der Waals surface area contributed by atoms with Gasteiger partial charge in [-0.15, -0.1) is 0 Å². The van der Waals surface area contributed by atoms with Crippen molar-refractivity contribution in [2.45, 2.75) is 31.1 Å². The number of aryl methyl sites for hydroxylation is 1. The summed E-state index contributed by atoms with van der Waals surface area (Å²) in [5, 5.41) is 14.3. The fourth-order valence-electron chi connectivity index (χ4n) is 3.49. The summed E-state index contributed by atoms with van der Waals surface area (Å²) in [6, 6.07) is 9.82. The van der Waals surface area contributed by atoms with E-state index < -0.39 is 14.9 Å². The molecule has 0 bridgehead atoms. The first-order valence-corrected chi connectivity index (χ1v) is 10.9. The van der Waals surface area contributed by atoms with Crippen molar-refractivity contribution >= 4 is 21.4 Å². The molecule has 3 rings (SSSR count). The molecule has 1 heterocycles. The van der Waals surface area contributed by atoms with Gasteiger partial charge in [0.25, 0.3) is 5.69 Å². The third-order valence-electron chi connectivity index (χ3n) is 5.00. The molecule has 1 aliphatic heterocycles. The molecule has 0 unspecified atom stereocenters. The first-order chi connectivity index (χ1) is 13.8. The van der Waals surface area contributed by atoms with E-state index in [4.69, 9.17) is 4.74 Å². The van der Waals surface area contributed by atoms with E-state index in [0.717, 1.165) is 35.8 Å². The summed E-state index contributed by atoms with van der Waals surface area (Å²) >= 11 is 0. The number of benzene rings is 2. The highest BCUT2D eigenvalue weighted by atomic mass is 32.2. The summed E-state index contributed by atoms with van der Waals surface area (Å²) in [7, 11) is -2.19. The number of rotatable bonds is 8. The van der Waals surface area contributed by atoms with Crippen molar-refractivity contribution in [3.05, 3.63) is 57.6 Å². The molecule has 2 aromatic carbocycles. The molecular formula is C20H25N3O5S. The van der Waals surface area contributed by atoms with Crippen LogP contribution in [0.25, 0.3) is 0 Å². The standard InChI is InChI=1S/C20H25N3O5S/c1-15-5-8-19(28-2)16(13-15)9-10-21-18-7-6-17(23(24)25)14-20(18)29(26,27)22-11-3-4-12-22/h5-8,13-14,21H,3-4,9-12H2,1-2H3. The quantitative estimate of drug-likeness (QED) is 0.520. The van der Waals surface area contributed by atoms with Gasteiger partial charge in [-0.2, -0.15) is 4.31 Å². The normalized spacial score (nSPS) is 14.7. The van der Waals surface area contributed by atoms with E-state index in [-0.39, 0.29) is 10.6 Å². The van der Waals surface area contributed by atoms with Crippen LogP contribution in [0.2, 0.25) is 0 Å². The fraction of sp³-hybridized carbons (Fsp3) is 0.400. The molecule has 0 aromatic heterocycles. The van der Waals surface area contributed by atoms with E-state index in [0.29, 0.717) is 31.7 Å². The lowest BCUT2D eigenvalue weighted by atomic mass is 10.1. The van der Waals surface area contributed by atoms with Crippen LogP contribution in [0.1, 0.15) is 24.0 Å². The van der Waals surface area contributed by atoms with E-state index in [1.165, 1.54) is 16.4 Å². The molecule has 156 valence electrons. The Hall–Kier alpha value is -2.65.